The fourth-order valence-electron chi connectivity index (χ4n) is 1.72. The Bertz CT molecular complexity index is 448. The van der Waals surface area contributed by atoms with Crippen molar-refractivity contribution in [3.63, 3.8) is 0 Å². The Kier molecular flexibility index (Phi) is 7.46. The topological polar surface area (TPSA) is 70.2 Å². The average Bonchev–Trinajstić information content (AvgIpc) is 2.47. The Morgan fingerprint density at radius 2 is 1.81 bits per heavy atom. The van der Waals surface area contributed by atoms with Crippen LogP contribution in [0.15, 0.2) is 30.3 Å². The molecule has 0 radical (unpaired) electrons. The number of carbonyl (C=O) groups is 2. The molecule has 1 rings (SSSR count). The maximum atomic E-state index is 11.9. The minimum absolute atomic E-state index is 0.00696. The van der Waals surface area contributed by atoms with E-state index in [9.17, 15) is 9.59 Å². The lowest BCUT2D eigenvalue weighted by molar-refractivity contribution is -0.122. The molecule has 3 N–H and O–H groups in total. The molecule has 0 aliphatic rings. The van der Waals surface area contributed by atoms with Crippen LogP contribution in [0.2, 0.25) is 0 Å². The van der Waals surface area contributed by atoms with Crippen LogP contribution < -0.4 is 16.0 Å². The highest BCUT2D eigenvalue weighted by molar-refractivity contribution is 5.94. The molecule has 21 heavy (non-hydrogen) atoms. The minimum atomic E-state index is -0.346. The van der Waals surface area contributed by atoms with Gasteiger partial charge < -0.3 is 16.0 Å². The van der Waals surface area contributed by atoms with Crippen molar-refractivity contribution in [2.24, 2.45) is 0 Å². The number of nitrogens with one attached hydrogen (secondary N) is 3. The van der Waals surface area contributed by atoms with Crippen molar-refractivity contribution in [2.45, 2.75) is 45.7 Å². The van der Waals surface area contributed by atoms with Gasteiger partial charge in [0, 0.05) is 24.7 Å². The third kappa shape index (κ3) is 6.90. The van der Waals surface area contributed by atoms with E-state index >= 15 is 0 Å². The van der Waals surface area contributed by atoms with Crippen LogP contribution in [0, 0.1) is 0 Å². The quantitative estimate of drug-likeness (QED) is 0.685. The molecule has 1 aromatic carbocycles. The molecular formula is C16H25N3O2. The number of rotatable bonds is 8. The third-order valence-corrected chi connectivity index (χ3v) is 3.26. The molecule has 2 amide bonds. The zero-order valence-electron chi connectivity index (χ0n) is 13.0. The highest BCUT2D eigenvalue weighted by Crippen LogP contribution is 2.05. The van der Waals surface area contributed by atoms with Crippen LogP contribution in [0.4, 0.5) is 5.69 Å². The largest absolute Gasteiger partial charge is 0.354 e. The van der Waals surface area contributed by atoms with Gasteiger partial charge in [-0.25, -0.2) is 0 Å². The fourth-order valence-corrected chi connectivity index (χ4v) is 1.72. The summed E-state index contributed by atoms with van der Waals surface area (Å²) in [6, 6.07) is 9.15. The number of hydrogen-bond acceptors (Lipinski definition) is 3. The molecule has 0 saturated heterocycles. The van der Waals surface area contributed by atoms with E-state index in [1.54, 1.807) is 6.92 Å². The van der Waals surface area contributed by atoms with Crippen molar-refractivity contribution in [3.05, 3.63) is 30.3 Å². The van der Waals surface area contributed by atoms with Crippen LogP contribution in [0.1, 0.15) is 33.6 Å². The standard InChI is InChI=1S/C16H25N3O2/c1-4-12(2)18-15(20)10-11-17-13(3)16(21)19-14-8-6-5-7-9-14/h5-9,12-13,17H,4,10-11H2,1-3H3,(H,18,20)(H,19,21). The van der Waals surface area contributed by atoms with E-state index in [-0.39, 0.29) is 23.9 Å². The Labute approximate surface area is 126 Å². The van der Waals surface area contributed by atoms with Gasteiger partial charge in [-0.1, -0.05) is 25.1 Å². The van der Waals surface area contributed by atoms with Crippen molar-refractivity contribution in [1.29, 1.82) is 0 Å². The van der Waals surface area contributed by atoms with E-state index in [4.69, 9.17) is 0 Å². The lowest BCUT2D eigenvalue weighted by atomic mass is 10.2. The minimum Gasteiger partial charge on any atom is -0.354 e. The molecule has 0 heterocycles. The number of amides is 2. The van der Waals surface area contributed by atoms with Gasteiger partial charge in [0.15, 0.2) is 0 Å². The second kappa shape index (κ2) is 9.13. The van der Waals surface area contributed by atoms with Crippen molar-refractivity contribution in [2.75, 3.05) is 11.9 Å². The van der Waals surface area contributed by atoms with E-state index in [2.05, 4.69) is 16.0 Å². The molecule has 0 aromatic heterocycles. The molecule has 0 saturated carbocycles. The number of benzene rings is 1. The van der Waals surface area contributed by atoms with E-state index in [1.807, 2.05) is 44.2 Å². The van der Waals surface area contributed by atoms with Crippen LogP contribution in [0.25, 0.3) is 0 Å². The van der Waals surface area contributed by atoms with E-state index in [0.717, 1.165) is 12.1 Å². The lowest BCUT2D eigenvalue weighted by Crippen LogP contribution is -2.40. The van der Waals surface area contributed by atoms with Gasteiger partial charge in [0.2, 0.25) is 11.8 Å². The monoisotopic (exact) mass is 291 g/mol. The predicted octanol–water partition coefficient (Wildman–Crippen LogP) is 1.91. The Morgan fingerprint density at radius 3 is 2.43 bits per heavy atom. The highest BCUT2D eigenvalue weighted by atomic mass is 16.2. The first kappa shape index (κ1) is 17.2. The number of carbonyl (C=O) groups excluding carboxylic acids is 2. The molecular weight excluding hydrogens is 266 g/mol. The van der Waals surface area contributed by atoms with E-state index in [0.29, 0.717) is 13.0 Å². The van der Waals surface area contributed by atoms with Gasteiger partial charge >= 0.3 is 0 Å². The molecule has 0 fully saturated rings. The van der Waals surface area contributed by atoms with Gasteiger partial charge in [0.05, 0.1) is 6.04 Å². The Morgan fingerprint density at radius 1 is 1.14 bits per heavy atom. The summed E-state index contributed by atoms with van der Waals surface area (Å²) >= 11 is 0. The molecule has 0 spiro atoms. The van der Waals surface area contributed by atoms with Gasteiger partial charge in [0.1, 0.15) is 0 Å². The fraction of sp³-hybridized carbons (Fsp3) is 0.500. The van der Waals surface area contributed by atoms with Gasteiger partial charge in [-0.3, -0.25) is 9.59 Å². The van der Waals surface area contributed by atoms with E-state index in [1.165, 1.54) is 0 Å². The first-order valence-corrected chi connectivity index (χ1v) is 7.41. The van der Waals surface area contributed by atoms with Gasteiger partial charge in [0.25, 0.3) is 0 Å². The predicted molar refractivity (Wildman–Crippen MR) is 85.0 cm³/mol. The van der Waals surface area contributed by atoms with Crippen molar-refractivity contribution < 1.29 is 9.59 Å². The smallest absolute Gasteiger partial charge is 0.241 e. The van der Waals surface area contributed by atoms with Gasteiger partial charge in [-0.15, -0.1) is 0 Å². The van der Waals surface area contributed by atoms with Crippen LogP contribution in [-0.4, -0.2) is 30.4 Å². The second-order valence-corrected chi connectivity index (χ2v) is 5.16. The molecule has 2 unspecified atom stereocenters. The average molecular weight is 291 g/mol. The summed E-state index contributed by atoms with van der Waals surface area (Å²) in [7, 11) is 0. The van der Waals surface area contributed by atoms with Crippen molar-refractivity contribution in [1.82, 2.24) is 10.6 Å². The molecule has 0 aliphatic heterocycles. The normalized spacial score (nSPS) is 13.3. The molecule has 0 bridgehead atoms. The zero-order chi connectivity index (χ0) is 15.7. The highest BCUT2D eigenvalue weighted by Gasteiger charge is 2.13. The first-order valence-electron chi connectivity index (χ1n) is 7.41. The molecule has 2 atom stereocenters. The number of hydrogen-bond donors (Lipinski definition) is 3. The summed E-state index contributed by atoms with van der Waals surface area (Å²) in [4.78, 5) is 23.5. The molecule has 5 heteroatoms. The summed E-state index contributed by atoms with van der Waals surface area (Å²) < 4.78 is 0. The summed E-state index contributed by atoms with van der Waals surface area (Å²) in [5.41, 5.74) is 0.769. The lowest BCUT2D eigenvalue weighted by Gasteiger charge is -2.15. The zero-order valence-corrected chi connectivity index (χ0v) is 13.0. The maximum absolute atomic E-state index is 11.9. The SMILES string of the molecule is CCC(C)NC(=O)CCNC(C)C(=O)Nc1ccccc1. The summed E-state index contributed by atoms with van der Waals surface area (Å²) in [5.74, 6) is -0.101. The van der Waals surface area contributed by atoms with Crippen LogP contribution in [0.3, 0.4) is 0 Å². The number of anilines is 1. The molecule has 5 nitrogen and oxygen atoms in total. The molecule has 0 aliphatic carbocycles. The summed E-state index contributed by atoms with van der Waals surface area (Å²) in [5, 5.41) is 8.76. The second-order valence-electron chi connectivity index (χ2n) is 5.16. The van der Waals surface area contributed by atoms with Gasteiger partial charge in [-0.05, 0) is 32.4 Å². The summed E-state index contributed by atoms with van der Waals surface area (Å²) in [6.45, 7) is 6.26. The van der Waals surface area contributed by atoms with Crippen molar-refractivity contribution >= 4 is 17.5 Å². The summed E-state index contributed by atoms with van der Waals surface area (Å²) in [6.07, 6.45) is 1.28. The van der Waals surface area contributed by atoms with Crippen LogP contribution in [0.5, 0.6) is 0 Å². The number of para-hydroxylation sites is 1. The maximum Gasteiger partial charge on any atom is 0.241 e. The van der Waals surface area contributed by atoms with Crippen LogP contribution in [-0.2, 0) is 9.59 Å². The van der Waals surface area contributed by atoms with Gasteiger partial charge in [-0.2, -0.15) is 0 Å². The van der Waals surface area contributed by atoms with Crippen LogP contribution >= 0.6 is 0 Å². The molecule has 1 aromatic rings. The Hall–Kier alpha value is -1.88. The Balaban J connectivity index is 2.25. The van der Waals surface area contributed by atoms with Crippen molar-refractivity contribution in [3.8, 4) is 0 Å². The first-order chi connectivity index (χ1) is 10.0. The molecule has 116 valence electrons. The third-order valence-electron chi connectivity index (χ3n) is 3.26. The van der Waals surface area contributed by atoms with E-state index < -0.39 is 0 Å².